The lowest BCUT2D eigenvalue weighted by Crippen LogP contribution is -2.61. The first kappa shape index (κ1) is 22.7. The highest BCUT2D eigenvalue weighted by Crippen LogP contribution is 2.30. The van der Waals surface area contributed by atoms with E-state index in [9.17, 15) is 4.79 Å². The van der Waals surface area contributed by atoms with Gasteiger partial charge < -0.3 is 20.5 Å². The van der Waals surface area contributed by atoms with Gasteiger partial charge in [-0.15, -0.1) is 0 Å². The summed E-state index contributed by atoms with van der Waals surface area (Å²) >= 11 is 0. The van der Waals surface area contributed by atoms with Crippen molar-refractivity contribution in [3.63, 3.8) is 0 Å². The summed E-state index contributed by atoms with van der Waals surface area (Å²) in [7, 11) is 0. The highest BCUT2D eigenvalue weighted by Gasteiger charge is 2.42. The fraction of sp³-hybridized carbons (Fsp3) is 0.737. The Morgan fingerprint density at radius 3 is 2.25 bits per heavy atom. The predicted octanol–water partition coefficient (Wildman–Crippen LogP) is 3.16. The van der Waals surface area contributed by atoms with Crippen molar-refractivity contribution < 1.29 is 14.3 Å². The zero-order valence-corrected chi connectivity index (χ0v) is 16.5. The zero-order valence-electron chi connectivity index (χ0n) is 16.5. The molecule has 24 heavy (non-hydrogen) atoms. The molecule has 0 aromatic carbocycles. The first-order valence-electron chi connectivity index (χ1n) is 8.43. The molecule has 0 saturated heterocycles. The van der Waals surface area contributed by atoms with Gasteiger partial charge in [0, 0.05) is 18.6 Å². The van der Waals surface area contributed by atoms with Gasteiger partial charge >= 0.3 is 0 Å². The largest absolute Gasteiger partial charge is 0.486 e. The van der Waals surface area contributed by atoms with Gasteiger partial charge in [-0.25, -0.2) is 0 Å². The van der Waals surface area contributed by atoms with Crippen molar-refractivity contribution in [1.29, 1.82) is 0 Å². The summed E-state index contributed by atoms with van der Waals surface area (Å²) in [6.45, 7) is 21.8. The van der Waals surface area contributed by atoms with E-state index in [2.05, 4.69) is 18.5 Å². The second-order valence-electron chi connectivity index (χ2n) is 7.91. The second kappa shape index (κ2) is 8.67. The van der Waals surface area contributed by atoms with Gasteiger partial charge in [0.2, 0.25) is 5.91 Å². The minimum Gasteiger partial charge on any atom is -0.486 e. The molecular formula is C19H36N2O3. The molecule has 0 aliphatic heterocycles. The quantitative estimate of drug-likeness (QED) is 0.447. The minimum absolute atomic E-state index is 0.00227. The molecule has 1 atom stereocenters. The van der Waals surface area contributed by atoms with E-state index in [1.807, 2.05) is 48.5 Å². The van der Waals surface area contributed by atoms with E-state index in [0.29, 0.717) is 25.3 Å². The molecule has 0 heterocycles. The first-order chi connectivity index (χ1) is 10.8. The van der Waals surface area contributed by atoms with E-state index >= 15 is 0 Å². The van der Waals surface area contributed by atoms with Crippen LogP contribution in [0.25, 0.3) is 0 Å². The third-order valence-corrected chi connectivity index (χ3v) is 4.62. The Bertz CT molecular complexity index is 454. The SMILES string of the molecule is C=CC(=C)OC(C)(C)C(C)(C)NC(=O)C(C)(C)CCOC(C)CN. The van der Waals surface area contributed by atoms with Gasteiger partial charge in [-0.05, 0) is 47.1 Å². The lowest BCUT2D eigenvalue weighted by molar-refractivity contribution is -0.136. The zero-order chi connectivity index (χ0) is 19.2. The van der Waals surface area contributed by atoms with Gasteiger partial charge in [0.05, 0.1) is 11.6 Å². The maximum Gasteiger partial charge on any atom is 0.226 e. The number of allylic oxidation sites excluding steroid dienone is 1. The van der Waals surface area contributed by atoms with E-state index in [0.717, 1.165) is 0 Å². The summed E-state index contributed by atoms with van der Waals surface area (Å²) in [5, 5.41) is 3.10. The van der Waals surface area contributed by atoms with E-state index in [1.54, 1.807) is 6.08 Å². The Morgan fingerprint density at radius 2 is 1.79 bits per heavy atom. The molecular weight excluding hydrogens is 304 g/mol. The molecule has 140 valence electrons. The van der Waals surface area contributed by atoms with Crippen LogP contribution < -0.4 is 11.1 Å². The third kappa shape index (κ3) is 6.65. The Balaban J connectivity index is 4.85. The molecule has 0 fully saturated rings. The molecule has 1 amide bonds. The molecule has 0 spiro atoms. The standard InChI is InChI=1S/C19H36N2O3/c1-10-14(2)24-19(8,9)18(6,7)21-16(22)17(4,5)11-12-23-15(3)13-20/h10,15H,1-2,11-13,20H2,3-9H3,(H,21,22). The number of carbonyl (C=O) groups excluding carboxylic acids is 1. The Hall–Kier alpha value is -1.33. The van der Waals surface area contributed by atoms with Gasteiger partial charge in [0.1, 0.15) is 11.4 Å². The highest BCUT2D eigenvalue weighted by atomic mass is 16.5. The van der Waals surface area contributed by atoms with Gasteiger partial charge in [0.25, 0.3) is 0 Å². The summed E-state index contributed by atoms with van der Waals surface area (Å²) in [6.07, 6.45) is 2.16. The Kier molecular flexibility index (Phi) is 8.19. The summed E-state index contributed by atoms with van der Waals surface area (Å²) < 4.78 is 11.4. The van der Waals surface area contributed by atoms with Crippen LogP contribution in [0.4, 0.5) is 0 Å². The fourth-order valence-electron chi connectivity index (χ4n) is 1.80. The van der Waals surface area contributed by atoms with Crippen molar-refractivity contribution in [3.05, 3.63) is 25.0 Å². The summed E-state index contributed by atoms with van der Waals surface area (Å²) in [5.41, 5.74) is 3.73. The molecule has 5 heteroatoms. The number of hydrogen-bond donors (Lipinski definition) is 2. The van der Waals surface area contributed by atoms with Crippen LogP contribution in [0.15, 0.2) is 25.0 Å². The van der Waals surface area contributed by atoms with Crippen LogP contribution in [0.2, 0.25) is 0 Å². The summed E-state index contributed by atoms with van der Waals surface area (Å²) in [4.78, 5) is 12.7. The van der Waals surface area contributed by atoms with Crippen LogP contribution in [0.3, 0.4) is 0 Å². The lowest BCUT2D eigenvalue weighted by Gasteiger charge is -2.43. The molecule has 3 N–H and O–H groups in total. The molecule has 0 bridgehead atoms. The van der Waals surface area contributed by atoms with Gasteiger partial charge in [0.15, 0.2) is 0 Å². The van der Waals surface area contributed by atoms with Crippen molar-refractivity contribution in [2.45, 2.75) is 72.1 Å². The molecule has 1 unspecified atom stereocenters. The van der Waals surface area contributed by atoms with Crippen LogP contribution in [0.1, 0.15) is 54.9 Å². The average Bonchev–Trinajstić information content (AvgIpc) is 2.45. The van der Waals surface area contributed by atoms with E-state index < -0.39 is 16.6 Å². The van der Waals surface area contributed by atoms with Crippen LogP contribution in [0, 0.1) is 5.41 Å². The number of amides is 1. The highest BCUT2D eigenvalue weighted by molar-refractivity contribution is 5.82. The number of nitrogens with two attached hydrogens (primary N) is 1. The van der Waals surface area contributed by atoms with Crippen LogP contribution in [-0.4, -0.2) is 36.3 Å². The third-order valence-electron chi connectivity index (χ3n) is 4.62. The number of rotatable bonds is 11. The van der Waals surface area contributed by atoms with E-state index in [4.69, 9.17) is 15.2 Å². The molecule has 0 aliphatic carbocycles. The van der Waals surface area contributed by atoms with Crippen LogP contribution >= 0.6 is 0 Å². The maximum absolute atomic E-state index is 12.7. The molecule has 0 radical (unpaired) electrons. The first-order valence-corrected chi connectivity index (χ1v) is 8.43. The molecule has 0 aromatic heterocycles. The normalized spacial score (nSPS) is 14.0. The molecule has 5 nitrogen and oxygen atoms in total. The topological polar surface area (TPSA) is 73.6 Å². The molecule has 0 aliphatic rings. The fourth-order valence-corrected chi connectivity index (χ4v) is 1.80. The maximum atomic E-state index is 12.7. The van der Waals surface area contributed by atoms with Crippen molar-refractivity contribution in [2.24, 2.45) is 11.1 Å². The van der Waals surface area contributed by atoms with E-state index in [1.165, 1.54) is 0 Å². The van der Waals surface area contributed by atoms with Gasteiger partial charge in [-0.1, -0.05) is 27.0 Å². The number of carbonyl (C=O) groups is 1. The molecule has 0 saturated carbocycles. The van der Waals surface area contributed by atoms with Crippen LogP contribution in [-0.2, 0) is 14.3 Å². The Labute approximate surface area is 147 Å². The summed E-state index contributed by atoms with van der Waals surface area (Å²) in [5.74, 6) is 0.433. The monoisotopic (exact) mass is 340 g/mol. The lowest BCUT2D eigenvalue weighted by atomic mass is 9.82. The van der Waals surface area contributed by atoms with Crippen molar-refractivity contribution >= 4 is 5.91 Å². The molecule has 0 rings (SSSR count). The van der Waals surface area contributed by atoms with Gasteiger partial charge in [-0.2, -0.15) is 0 Å². The minimum atomic E-state index is -0.644. The Morgan fingerprint density at radius 1 is 1.25 bits per heavy atom. The van der Waals surface area contributed by atoms with Crippen LogP contribution in [0.5, 0.6) is 0 Å². The van der Waals surface area contributed by atoms with Crippen molar-refractivity contribution in [1.82, 2.24) is 5.32 Å². The van der Waals surface area contributed by atoms with Crippen molar-refractivity contribution in [3.8, 4) is 0 Å². The smallest absolute Gasteiger partial charge is 0.226 e. The number of ether oxygens (including phenoxy) is 2. The van der Waals surface area contributed by atoms with Crippen molar-refractivity contribution in [2.75, 3.05) is 13.2 Å². The van der Waals surface area contributed by atoms with Gasteiger partial charge in [-0.3, -0.25) is 4.79 Å². The average molecular weight is 341 g/mol. The predicted molar refractivity (Wildman–Crippen MR) is 99.6 cm³/mol. The summed E-state index contributed by atoms with van der Waals surface area (Å²) in [6, 6.07) is 0. The number of nitrogens with one attached hydrogen (secondary N) is 1. The molecule has 0 aromatic rings. The number of hydrogen-bond acceptors (Lipinski definition) is 4. The van der Waals surface area contributed by atoms with E-state index in [-0.39, 0.29) is 12.0 Å². The second-order valence-corrected chi connectivity index (χ2v) is 7.91.